The van der Waals surface area contributed by atoms with Crippen LogP contribution in [-0.2, 0) is 10.0 Å². The predicted molar refractivity (Wildman–Crippen MR) is 90.1 cm³/mol. The number of anilines is 1. The van der Waals surface area contributed by atoms with E-state index in [1.165, 1.54) is 18.2 Å². The smallest absolute Gasteiger partial charge is 0.357 e. The number of rotatable bonds is 4. The first-order valence-electron chi connectivity index (χ1n) is 6.78. The van der Waals surface area contributed by atoms with E-state index in [4.69, 9.17) is 16.7 Å². The Morgan fingerprint density at radius 1 is 1.25 bits per heavy atom. The number of benzene rings is 2. The van der Waals surface area contributed by atoms with E-state index in [0.717, 1.165) is 0 Å². The number of carbonyl (C=O) groups is 1. The van der Waals surface area contributed by atoms with Crippen LogP contribution in [0.2, 0.25) is 5.02 Å². The molecule has 0 aliphatic carbocycles. The fourth-order valence-corrected chi connectivity index (χ4v) is 3.87. The molecule has 2 aromatic carbocycles. The molecule has 1 heterocycles. The number of aryl methyl sites for hydroxylation is 1. The Kier molecular flexibility index (Phi) is 3.94. The summed E-state index contributed by atoms with van der Waals surface area (Å²) in [6.07, 6.45) is 0. The van der Waals surface area contributed by atoms with Gasteiger partial charge in [0.1, 0.15) is 0 Å². The van der Waals surface area contributed by atoms with Gasteiger partial charge < -0.3 is 5.11 Å². The van der Waals surface area contributed by atoms with Gasteiger partial charge in [-0.15, -0.1) is 0 Å². The van der Waals surface area contributed by atoms with Crippen LogP contribution in [0, 0.1) is 6.92 Å². The fraction of sp³-hybridized carbons (Fsp3) is 0.0667. The number of halogens is 1. The van der Waals surface area contributed by atoms with Crippen molar-refractivity contribution in [2.75, 3.05) is 4.72 Å². The van der Waals surface area contributed by atoms with Crippen molar-refractivity contribution in [3.8, 4) is 0 Å². The van der Waals surface area contributed by atoms with E-state index in [1.54, 1.807) is 25.1 Å². The standard InChI is InChI=1S/C15H12ClN3O4S/c1-8-2-3-9(16)6-13(8)24(22,23)19-10-4-5-12-11(7-10)14(15(20)21)18-17-12/h2-7,19H,1H3,(H,17,18)(H,20,21). The first-order valence-corrected chi connectivity index (χ1v) is 8.64. The molecular weight excluding hydrogens is 354 g/mol. The number of hydrogen-bond acceptors (Lipinski definition) is 4. The normalized spacial score (nSPS) is 11.6. The molecule has 0 atom stereocenters. The van der Waals surface area contributed by atoms with Crippen LogP contribution in [0.1, 0.15) is 16.1 Å². The van der Waals surface area contributed by atoms with Crippen molar-refractivity contribution in [1.29, 1.82) is 0 Å². The van der Waals surface area contributed by atoms with Gasteiger partial charge >= 0.3 is 5.97 Å². The van der Waals surface area contributed by atoms with Crippen molar-refractivity contribution in [3.05, 3.63) is 52.7 Å². The Labute approximate surface area is 142 Å². The van der Waals surface area contributed by atoms with E-state index in [-0.39, 0.29) is 16.3 Å². The maximum absolute atomic E-state index is 12.6. The number of hydrogen-bond donors (Lipinski definition) is 3. The minimum Gasteiger partial charge on any atom is -0.476 e. The third-order valence-electron chi connectivity index (χ3n) is 3.46. The second kappa shape index (κ2) is 5.81. The number of carboxylic acids is 1. The molecule has 3 N–H and O–H groups in total. The largest absolute Gasteiger partial charge is 0.476 e. The number of sulfonamides is 1. The summed E-state index contributed by atoms with van der Waals surface area (Å²) in [5, 5.41) is 16.0. The molecule has 9 heteroatoms. The fourth-order valence-electron chi connectivity index (χ4n) is 2.31. The molecule has 3 rings (SSSR count). The summed E-state index contributed by atoms with van der Waals surface area (Å²) >= 11 is 5.88. The molecule has 0 fully saturated rings. The molecule has 1 aromatic heterocycles. The van der Waals surface area contributed by atoms with Gasteiger partial charge in [0.25, 0.3) is 10.0 Å². The zero-order valence-electron chi connectivity index (χ0n) is 12.4. The van der Waals surface area contributed by atoms with E-state index in [1.807, 2.05) is 0 Å². The van der Waals surface area contributed by atoms with Gasteiger partial charge in [-0.05, 0) is 42.8 Å². The average molecular weight is 366 g/mol. The summed E-state index contributed by atoms with van der Waals surface area (Å²) in [5.41, 5.74) is 1.09. The zero-order chi connectivity index (χ0) is 17.5. The van der Waals surface area contributed by atoms with Gasteiger partial charge in [-0.1, -0.05) is 17.7 Å². The lowest BCUT2D eigenvalue weighted by Gasteiger charge is -2.11. The number of H-pyrrole nitrogens is 1. The number of aromatic carboxylic acids is 1. The molecule has 0 saturated carbocycles. The van der Waals surface area contributed by atoms with Gasteiger partial charge in [0, 0.05) is 16.1 Å². The number of carboxylic acid groups (broad SMARTS) is 1. The summed E-state index contributed by atoms with van der Waals surface area (Å²) < 4.78 is 27.5. The first-order chi connectivity index (χ1) is 11.3. The number of nitrogens with zero attached hydrogens (tertiary/aromatic N) is 1. The number of aromatic nitrogens is 2. The van der Waals surface area contributed by atoms with Crippen LogP contribution in [0.3, 0.4) is 0 Å². The molecule has 0 saturated heterocycles. The lowest BCUT2D eigenvalue weighted by molar-refractivity contribution is 0.0692. The third kappa shape index (κ3) is 2.93. The highest BCUT2D eigenvalue weighted by molar-refractivity contribution is 7.92. The summed E-state index contributed by atoms with van der Waals surface area (Å²) in [7, 11) is -3.86. The van der Waals surface area contributed by atoms with Crippen LogP contribution in [0.25, 0.3) is 10.9 Å². The van der Waals surface area contributed by atoms with E-state index < -0.39 is 16.0 Å². The van der Waals surface area contributed by atoms with Crippen LogP contribution in [0.15, 0.2) is 41.3 Å². The van der Waals surface area contributed by atoms with Gasteiger partial charge in [0.15, 0.2) is 5.69 Å². The first kappa shape index (κ1) is 16.3. The summed E-state index contributed by atoms with van der Waals surface area (Å²) in [6.45, 7) is 1.66. The Balaban J connectivity index is 2.04. The Bertz CT molecular complexity index is 1060. The van der Waals surface area contributed by atoms with Gasteiger partial charge in [-0.3, -0.25) is 9.82 Å². The Morgan fingerprint density at radius 3 is 2.71 bits per heavy atom. The van der Waals surface area contributed by atoms with Crippen molar-refractivity contribution >= 4 is 44.2 Å². The van der Waals surface area contributed by atoms with Crippen LogP contribution >= 0.6 is 11.6 Å². The predicted octanol–water partition coefficient (Wildman–Crippen LogP) is 3.02. The molecule has 0 aliphatic heterocycles. The minimum absolute atomic E-state index is 0.0562. The molecule has 24 heavy (non-hydrogen) atoms. The average Bonchev–Trinajstić information content (AvgIpc) is 2.92. The maximum Gasteiger partial charge on any atom is 0.357 e. The third-order valence-corrected chi connectivity index (χ3v) is 5.22. The molecule has 0 spiro atoms. The van der Waals surface area contributed by atoms with E-state index >= 15 is 0 Å². The summed E-state index contributed by atoms with van der Waals surface area (Å²) in [4.78, 5) is 11.2. The van der Waals surface area contributed by atoms with Gasteiger partial charge in [-0.2, -0.15) is 5.10 Å². The van der Waals surface area contributed by atoms with Crippen LogP contribution in [0.5, 0.6) is 0 Å². The summed E-state index contributed by atoms with van der Waals surface area (Å²) in [5.74, 6) is -1.20. The van der Waals surface area contributed by atoms with Crippen molar-refractivity contribution in [2.24, 2.45) is 0 Å². The molecule has 0 radical (unpaired) electrons. The van der Waals surface area contributed by atoms with Crippen molar-refractivity contribution in [3.63, 3.8) is 0 Å². The molecule has 0 bridgehead atoms. The molecular formula is C15H12ClN3O4S. The van der Waals surface area contributed by atoms with Gasteiger partial charge in [0.05, 0.1) is 10.4 Å². The maximum atomic E-state index is 12.6. The van der Waals surface area contributed by atoms with Gasteiger partial charge in [0.2, 0.25) is 0 Å². The SMILES string of the molecule is Cc1ccc(Cl)cc1S(=O)(=O)Nc1ccc2[nH]nc(C(=O)O)c2c1. The van der Waals surface area contributed by atoms with E-state index in [9.17, 15) is 13.2 Å². The Morgan fingerprint density at radius 2 is 2.00 bits per heavy atom. The molecule has 0 unspecified atom stereocenters. The quantitative estimate of drug-likeness (QED) is 0.657. The zero-order valence-corrected chi connectivity index (χ0v) is 13.9. The number of nitrogens with one attached hydrogen (secondary N) is 2. The Hall–Kier alpha value is -2.58. The van der Waals surface area contributed by atoms with E-state index in [0.29, 0.717) is 21.5 Å². The van der Waals surface area contributed by atoms with Gasteiger partial charge in [-0.25, -0.2) is 13.2 Å². The van der Waals surface area contributed by atoms with E-state index in [2.05, 4.69) is 14.9 Å². The molecule has 7 nitrogen and oxygen atoms in total. The topological polar surface area (TPSA) is 112 Å². The monoisotopic (exact) mass is 365 g/mol. The minimum atomic E-state index is -3.86. The molecule has 0 amide bonds. The molecule has 0 aliphatic rings. The highest BCUT2D eigenvalue weighted by Crippen LogP contribution is 2.25. The summed E-state index contributed by atoms with van der Waals surface area (Å²) in [6, 6.07) is 9.06. The highest BCUT2D eigenvalue weighted by atomic mass is 35.5. The lowest BCUT2D eigenvalue weighted by Crippen LogP contribution is -2.14. The van der Waals surface area contributed by atoms with Crippen molar-refractivity contribution in [1.82, 2.24) is 10.2 Å². The van der Waals surface area contributed by atoms with Crippen LogP contribution < -0.4 is 4.72 Å². The lowest BCUT2D eigenvalue weighted by atomic mass is 10.2. The molecule has 124 valence electrons. The second-order valence-corrected chi connectivity index (χ2v) is 7.24. The number of aromatic amines is 1. The van der Waals surface area contributed by atoms with Crippen LogP contribution in [0.4, 0.5) is 5.69 Å². The van der Waals surface area contributed by atoms with Crippen LogP contribution in [-0.4, -0.2) is 29.7 Å². The number of fused-ring (bicyclic) bond motifs is 1. The highest BCUT2D eigenvalue weighted by Gasteiger charge is 2.19. The van der Waals surface area contributed by atoms with Crippen molar-refractivity contribution < 1.29 is 18.3 Å². The molecule has 3 aromatic rings. The van der Waals surface area contributed by atoms with Crippen molar-refractivity contribution in [2.45, 2.75) is 11.8 Å². The second-order valence-electron chi connectivity index (χ2n) is 5.15.